The quantitative estimate of drug-likeness (QED) is 0.484. The van der Waals surface area contributed by atoms with Gasteiger partial charge in [-0.15, -0.1) is 11.3 Å². The number of rotatable bonds is 9. The fraction of sp³-hybridized carbons (Fsp3) is 0.294. The molecule has 1 aromatic heterocycles. The number of benzene rings is 1. The van der Waals surface area contributed by atoms with E-state index in [4.69, 9.17) is 16.3 Å². The third-order valence-electron chi connectivity index (χ3n) is 3.38. The minimum Gasteiger partial charge on any atom is -0.484 e. The van der Waals surface area contributed by atoms with E-state index in [9.17, 15) is 18.0 Å². The third-order valence-corrected chi connectivity index (χ3v) is 5.59. The van der Waals surface area contributed by atoms with Gasteiger partial charge in [-0.3, -0.25) is 4.79 Å². The van der Waals surface area contributed by atoms with Crippen molar-refractivity contribution in [2.75, 3.05) is 26.5 Å². The van der Waals surface area contributed by atoms with Crippen LogP contribution in [0.5, 0.6) is 5.75 Å². The molecule has 1 N–H and O–H groups in total. The molecule has 0 fully saturated rings. The topological polar surface area (TPSA) is 98.8 Å². The van der Waals surface area contributed by atoms with Crippen LogP contribution in [-0.4, -0.2) is 46.7 Å². The summed E-state index contributed by atoms with van der Waals surface area (Å²) in [4.78, 5) is 25.1. The van der Waals surface area contributed by atoms with Crippen molar-refractivity contribution in [3.8, 4) is 5.75 Å². The molecule has 27 heavy (non-hydrogen) atoms. The number of methoxy groups -OCH3 is 1. The van der Waals surface area contributed by atoms with Crippen LogP contribution in [0, 0.1) is 0 Å². The Morgan fingerprint density at radius 2 is 1.96 bits per heavy atom. The predicted molar refractivity (Wildman–Crippen MR) is 103 cm³/mol. The Labute approximate surface area is 166 Å². The lowest BCUT2D eigenvalue weighted by atomic mass is 10.2. The molecular formula is C17H18ClNO6S2. The molecule has 0 saturated heterocycles. The zero-order valence-corrected chi connectivity index (χ0v) is 17.0. The summed E-state index contributed by atoms with van der Waals surface area (Å²) in [5, 5.41) is 0.199. The third kappa shape index (κ3) is 6.62. The van der Waals surface area contributed by atoms with E-state index in [2.05, 4.69) is 9.46 Å². The number of nitrogens with one attached hydrogen (secondary N) is 1. The van der Waals surface area contributed by atoms with Gasteiger partial charge in [-0.1, -0.05) is 11.6 Å². The fourth-order valence-electron chi connectivity index (χ4n) is 2.10. The Bertz CT molecular complexity index is 939. The van der Waals surface area contributed by atoms with E-state index in [1.807, 2.05) is 0 Å². The number of hydrogen-bond acceptors (Lipinski definition) is 7. The highest BCUT2D eigenvalue weighted by molar-refractivity contribution is 7.88. The van der Waals surface area contributed by atoms with Crippen molar-refractivity contribution in [1.82, 2.24) is 4.72 Å². The first-order valence-corrected chi connectivity index (χ1v) is 10.9. The van der Waals surface area contributed by atoms with Crippen molar-refractivity contribution < 1.29 is 27.5 Å². The first kappa shape index (κ1) is 21.4. The predicted octanol–water partition coefficient (Wildman–Crippen LogP) is 2.54. The highest BCUT2D eigenvalue weighted by atomic mass is 35.5. The maximum absolute atomic E-state index is 12.3. The molecule has 2 aromatic rings. The summed E-state index contributed by atoms with van der Waals surface area (Å²) in [5.41, 5.74) is 0.284. The number of carbonyl (C=O) groups is 2. The van der Waals surface area contributed by atoms with Gasteiger partial charge in [-0.2, -0.15) is 0 Å². The highest BCUT2D eigenvalue weighted by Gasteiger charge is 2.14. The van der Waals surface area contributed by atoms with E-state index in [0.717, 1.165) is 11.1 Å². The number of esters is 1. The van der Waals surface area contributed by atoms with Crippen LogP contribution < -0.4 is 9.46 Å². The maximum atomic E-state index is 12.3. The standard InChI is InChI=1S/C17H18ClNO6S2/c1-24-17(21)11-3-5-15(13(18)9-11)25-10-14(20)16-6-4-12(26-16)7-8-19-27(2,22)23/h3-6,9,19H,7-8,10H2,1-2H3. The van der Waals surface area contributed by atoms with Crippen molar-refractivity contribution in [2.45, 2.75) is 6.42 Å². The van der Waals surface area contributed by atoms with Gasteiger partial charge >= 0.3 is 5.97 Å². The molecule has 0 aliphatic carbocycles. The first-order chi connectivity index (χ1) is 12.7. The summed E-state index contributed by atoms with van der Waals surface area (Å²) in [5.74, 6) is -0.460. The summed E-state index contributed by atoms with van der Waals surface area (Å²) in [6.45, 7) is 0.0600. The van der Waals surface area contributed by atoms with Gasteiger partial charge < -0.3 is 9.47 Å². The van der Waals surface area contributed by atoms with Gasteiger partial charge in [-0.05, 0) is 36.8 Å². The molecule has 0 radical (unpaired) electrons. The van der Waals surface area contributed by atoms with Crippen LogP contribution in [0.4, 0.5) is 0 Å². The molecule has 7 nitrogen and oxygen atoms in total. The lowest BCUT2D eigenvalue weighted by Crippen LogP contribution is -2.24. The van der Waals surface area contributed by atoms with Gasteiger partial charge in [0.1, 0.15) is 5.75 Å². The molecule has 0 unspecified atom stereocenters. The first-order valence-electron chi connectivity index (χ1n) is 7.77. The minimum absolute atomic E-state index is 0.199. The molecule has 0 bridgehead atoms. The smallest absolute Gasteiger partial charge is 0.337 e. The molecule has 0 spiro atoms. The average Bonchev–Trinajstić information content (AvgIpc) is 3.07. The molecule has 10 heteroatoms. The number of ketones is 1. The second-order valence-corrected chi connectivity index (χ2v) is 8.94. The van der Waals surface area contributed by atoms with Gasteiger partial charge in [0.15, 0.2) is 6.61 Å². The van der Waals surface area contributed by atoms with Gasteiger partial charge in [0.25, 0.3) is 0 Å². The van der Waals surface area contributed by atoms with Gasteiger partial charge in [-0.25, -0.2) is 17.9 Å². The van der Waals surface area contributed by atoms with Crippen molar-refractivity contribution in [3.05, 3.63) is 50.7 Å². The van der Waals surface area contributed by atoms with Gasteiger partial charge in [0.2, 0.25) is 15.8 Å². The summed E-state index contributed by atoms with van der Waals surface area (Å²) in [7, 11) is -1.96. The van der Waals surface area contributed by atoms with E-state index in [0.29, 0.717) is 11.3 Å². The Hall–Kier alpha value is -1.94. The molecule has 0 aliphatic heterocycles. The number of carbonyl (C=O) groups excluding carboxylic acids is 2. The lowest BCUT2D eigenvalue weighted by molar-refractivity contribution is 0.0600. The molecule has 146 valence electrons. The molecule has 0 aliphatic rings. The Morgan fingerprint density at radius 3 is 2.59 bits per heavy atom. The van der Waals surface area contributed by atoms with E-state index in [-0.39, 0.29) is 35.3 Å². The largest absolute Gasteiger partial charge is 0.484 e. The van der Waals surface area contributed by atoms with E-state index < -0.39 is 16.0 Å². The fourth-order valence-corrected chi connectivity index (χ4v) is 3.74. The summed E-state index contributed by atoms with van der Waals surface area (Å²) < 4.78 is 34.5. The number of hydrogen-bond donors (Lipinski definition) is 1. The number of Topliss-reactive ketones (excluding diaryl/α,β-unsaturated/α-hetero) is 1. The van der Waals surface area contributed by atoms with Gasteiger partial charge in [0, 0.05) is 11.4 Å². The molecular weight excluding hydrogens is 414 g/mol. The second-order valence-electron chi connectivity index (χ2n) is 5.53. The minimum atomic E-state index is -3.23. The lowest BCUT2D eigenvalue weighted by Gasteiger charge is -2.08. The molecule has 1 heterocycles. The van der Waals surface area contributed by atoms with Crippen LogP contribution in [0.3, 0.4) is 0 Å². The Morgan fingerprint density at radius 1 is 1.22 bits per heavy atom. The van der Waals surface area contributed by atoms with Crippen molar-refractivity contribution in [1.29, 1.82) is 0 Å². The Balaban J connectivity index is 1.91. The number of ether oxygens (including phenoxy) is 2. The number of halogens is 1. The molecule has 0 saturated carbocycles. The van der Waals surface area contributed by atoms with E-state index in [1.165, 1.54) is 36.6 Å². The Kier molecular flexibility index (Phi) is 7.37. The van der Waals surface area contributed by atoms with Crippen LogP contribution in [-0.2, 0) is 21.2 Å². The summed E-state index contributed by atoms with van der Waals surface area (Å²) >= 11 is 7.34. The highest BCUT2D eigenvalue weighted by Crippen LogP contribution is 2.26. The molecule has 0 atom stereocenters. The van der Waals surface area contributed by atoms with Crippen LogP contribution >= 0.6 is 22.9 Å². The number of thiophene rings is 1. The van der Waals surface area contributed by atoms with E-state index >= 15 is 0 Å². The molecule has 0 amide bonds. The second kappa shape index (κ2) is 9.32. The van der Waals surface area contributed by atoms with Crippen LogP contribution in [0.25, 0.3) is 0 Å². The van der Waals surface area contributed by atoms with Crippen molar-refractivity contribution in [2.24, 2.45) is 0 Å². The van der Waals surface area contributed by atoms with Gasteiger partial charge in [0.05, 0.1) is 28.8 Å². The molecule has 1 aromatic carbocycles. The SMILES string of the molecule is COC(=O)c1ccc(OCC(=O)c2ccc(CCNS(C)(=O)=O)s2)c(Cl)c1. The van der Waals surface area contributed by atoms with Crippen LogP contribution in [0.15, 0.2) is 30.3 Å². The number of sulfonamides is 1. The normalized spacial score (nSPS) is 11.2. The molecule has 2 rings (SSSR count). The average molecular weight is 432 g/mol. The monoisotopic (exact) mass is 431 g/mol. The maximum Gasteiger partial charge on any atom is 0.337 e. The van der Waals surface area contributed by atoms with Crippen molar-refractivity contribution in [3.63, 3.8) is 0 Å². The zero-order valence-electron chi connectivity index (χ0n) is 14.7. The zero-order chi connectivity index (χ0) is 20.0. The summed E-state index contributed by atoms with van der Waals surface area (Å²) in [6.07, 6.45) is 1.59. The van der Waals surface area contributed by atoms with Crippen LogP contribution in [0.1, 0.15) is 24.9 Å². The van der Waals surface area contributed by atoms with E-state index in [1.54, 1.807) is 12.1 Å². The summed E-state index contributed by atoms with van der Waals surface area (Å²) in [6, 6.07) is 7.85. The van der Waals surface area contributed by atoms with Crippen molar-refractivity contribution >= 4 is 44.7 Å². The van der Waals surface area contributed by atoms with Crippen LogP contribution in [0.2, 0.25) is 5.02 Å².